The largest absolute Gasteiger partial charge is 0.326 e. The molecule has 2 rings (SSSR count). The number of amides is 2. The molecule has 0 radical (unpaired) electrons. The first-order valence-electron chi connectivity index (χ1n) is 4.88. The number of benzene rings is 1. The van der Waals surface area contributed by atoms with Crippen molar-refractivity contribution in [2.75, 3.05) is 23.7 Å². The second kappa shape index (κ2) is 4.19. The standard InChI is InChI=1S/C10H11ClN2O3S/c1-12-6-17(15,16)7-13(10(12)14)9-4-2-8(11)3-5-9/h2-5H,6-7H2,1H3. The van der Waals surface area contributed by atoms with Gasteiger partial charge in [0, 0.05) is 17.8 Å². The summed E-state index contributed by atoms with van der Waals surface area (Å²) in [4.78, 5) is 14.2. The van der Waals surface area contributed by atoms with Gasteiger partial charge in [0.1, 0.15) is 11.8 Å². The van der Waals surface area contributed by atoms with Crippen LogP contribution in [0.4, 0.5) is 10.5 Å². The van der Waals surface area contributed by atoms with E-state index >= 15 is 0 Å². The maximum absolute atomic E-state index is 11.9. The van der Waals surface area contributed by atoms with Crippen LogP contribution < -0.4 is 4.90 Å². The number of carbonyl (C=O) groups is 1. The van der Waals surface area contributed by atoms with Gasteiger partial charge in [0.2, 0.25) is 0 Å². The van der Waals surface area contributed by atoms with Gasteiger partial charge in [0.25, 0.3) is 0 Å². The molecule has 0 spiro atoms. The minimum atomic E-state index is -3.27. The van der Waals surface area contributed by atoms with Gasteiger partial charge in [-0.1, -0.05) is 11.6 Å². The van der Waals surface area contributed by atoms with Crippen LogP contribution in [0, 0.1) is 0 Å². The zero-order valence-corrected chi connectivity index (χ0v) is 10.7. The Morgan fingerprint density at radius 3 is 2.35 bits per heavy atom. The van der Waals surface area contributed by atoms with Crippen molar-refractivity contribution < 1.29 is 13.2 Å². The van der Waals surface area contributed by atoms with Gasteiger partial charge in [-0.05, 0) is 24.3 Å². The highest BCUT2D eigenvalue weighted by molar-refractivity contribution is 7.91. The predicted molar refractivity (Wildman–Crippen MR) is 65.7 cm³/mol. The van der Waals surface area contributed by atoms with Gasteiger partial charge in [0.05, 0.1) is 0 Å². The molecule has 1 aromatic rings. The molecule has 1 aliphatic heterocycles. The Hall–Kier alpha value is -1.27. The Morgan fingerprint density at radius 1 is 1.18 bits per heavy atom. The summed E-state index contributed by atoms with van der Waals surface area (Å²) in [5.74, 6) is -0.534. The number of sulfone groups is 1. The maximum atomic E-state index is 11.9. The SMILES string of the molecule is CN1CS(=O)(=O)CN(c2ccc(Cl)cc2)C1=O. The molecular weight excluding hydrogens is 264 g/mol. The van der Waals surface area contributed by atoms with Gasteiger partial charge < -0.3 is 4.90 Å². The first-order valence-corrected chi connectivity index (χ1v) is 7.07. The van der Waals surface area contributed by atoms with E-state index in [2.05, 4.69) is 0 Å². The number of nitrogens with zero attached hydrogens (tertiary/aromatic N) is 2. The van der Waals surface area contributed by atoms with Crippen LogP contribution in [0.3, 0.4) is 0 Å². The Labute approximate surface area is 104 Å². The average Bonchev–Trinajstić information content (AvgIpc) is 2.24. The normalized spacial score (nSPS) is 19.5. The number of halogens is 1. The van der Waals surface area contributed by atoms with Crippen LogP contribution in [-0.2, 0) is 9.84 Å². The molecule has 0 aromatic heterocycles. The van der Waals surface area contributed by atoms with Gasteiger partial charge in [-0.2, -0.15) is 0 Å². The highest BCUT2D eigenvalue weighted by atomic mass is 35.5. The molecule has 0 saturated carbocycles. The predicted octanol–water partition coefficient (Wildman–Crippen LogP) is 1.54. The molecule has 7 heteroatoms. The van der Waals surface area contributed by atoms with Crippen LogP contribution in [0.5, 0.6) is 0 Å². The summed E-state index contributed by atoms with van der Waals surface area (Å²) >= 11 is 5.74. The number of carbonyl (C=O) groups excluding carboxylic acids is 1. The van der Waals surface area contributed by atoms with E-state index in [1.165, 1.54) is 16.8 Å². The summed E-state index contributed by atoms with van der Waals surface area (Å²) in [6.45, 7) is 0. The summed E-state index contributed by atoms with van der Waals surface area (Å²) in [5, 5.41) is 0.537. The summed E-state index contributed by atoms with van der Waals surface area (Å²) in [7, 11) is -1.81. The molecule has 2 amide bonds. The maximum Gasteiger partial charge on any atom is 0.326 e. The molecule has 1 saturated heterocycles. The molecule has 1 aromatic carbocycles. The Kier molecular flexibility index (Phi) is 3.01. The van der Waals surface area contributed by atoms with Crippen LogP contribution in [-0.4, -0.2) is 38.2 Å². The first kappa shape index (κ1) is 12.2. The molecule has 17 heavy (non-hydrogen) atoms. The molecule has 0 bridgehead atoms. The van der Waals surface area contributed by atoms with Crippen molar-refractivity contribution in [1.29, 1.82) is 0 Å². The zero-order chi connectivity index (χ0) is 12.6. The average molecular weight is 275 g/mol. The van der Waals surface area contributed by atoms with E-state index in [1.807, 2.05) is 0 Å². The van der Waals surface area contributed by atoms with Crippen LogP contribution >= 0.6 is 11.6 Å². The minimum Gasteiger partial charge on any atom is -0.313 e. The second-order valence-corrected chi connectivity index (χ2v) is 6.33. The van der Waals surface area contributed by atoms with E-state index in [-0.39, 0.29) is 17.8 Å². The van der Waals surface area contributed by atoms with Crippen LogP contribution in [0.1, 0.15) is 0 Å². The Morgan fingerprint density at radius 2 is 1.76 bits per heavy atom. The van der Waals surface area contributed by atoms with Gasteiger partial charge >= 0.3 is 6.03 Å². The summed E-state index contributed by atoms with van der Waals surface area (Å²) in [5.41, 5.74) is 0.523. The lowest BCUT2D eigenvalue weighted by Crippen LogP contribution is -2.52. The molecule has 92 valence electrons. The van der Waals surface area contributed by atoms with Crippen molar-refractivity contribution >= 4 is 33.2 Å². The quantitative estimate of drug-likeness (QED) is 0.781. The molecule has 1 fully saturated rings. The fourth-order valence-electron chi connectivity index (χ4n) is 1.66. The van der Waals surface area contributed by atoms with Crippen molar-refractivity contribution in [3.63, 3.8) is 0 Å². The lowest BCUT2D eigenvalue weighted by Gasteiger charge is -2.32. The van der Waals surface area contributed by atoms with Crippen LogP contribution in [0.25, 0.3) is 0 Å². The summed E-state index contributed by atoms with van der Waals surface area (Å²) in [6, 6.07) is 6.14. The number of rotatable bonds is 1. The van der Waals surface area contributed by atoms with E-state index in [1.54, 1.807) is 24.3 Å². The van der Waals surface area contributed by atoms with Gasteiger partial charge in [-0.15, -0.1) is 0 Å². The summed E-state index contributed by atoms with van der Waals surface area (Å²) < 4.78 is 23.2. The summed E-state index contributed by atoms with van der Waals surface area (Å²) in [6.07, 6.45) is 0. The third-order valence-corrected chi connectivity index (χ3v) is 4.10. The van der Waals surface area contributed by atoms with E-state index in [9.17, 15) is 13.2 Å². The third kappa shape index (κ3) is 2.53. The van der Waals surface area contributed by atoms with Crippen molar-refractivity contribution in [2.45, 2.75) is 0 Å². The van der Waals surface area contributed by atoms with Gasteiger partial charge in [-0.25, -0.2) is 13.2 Å². The first-order chi connectivity index (χ1) is 7.89. The molecular formula is C10H11ClN2O3S. The number of hydrogen-bond acceptors (Lipinski definition) is 3. The molecule has 0 unspecified atom stereocenters. The highest BCUT2D eigenvalue weighted by Crippen LogP contribution is 2.22. The van der Waals surface area contributed by atoms with Crippen molar-refractivity contribution in [3.8, 4) is 0 Å². The van der Waals surface area contributed by atoms with Gasteiger partial charge in [-0.3, -0.25) is 4.90 Å². The van der Waals surface area contributed by atoms with Crippen LogP contribution in [0.15, 0.2) is 24.3 Å². The fourth-order valence-corrected chi connectivity index (χ4v) is 3.22. The number of hydrogen-bond donors (Lipinski definition) is 0. The van der Waals surface area contributed by atoms with Crippen LogP contribution in [0.2, 0.25) is 5.02 Å². The highest BCUT2D eigenvalue weighted by Gasteiger charge is 2.33. The zero-order valence-electron chi connectivity index (χ0n) is 9.13. The molecule has 0 N–H and O–H groups in total. The molecule has 1 heterocycles. The lowest BCUT2D eigenvalue weighted by molar-refractivity contribution is 0.220. The van der Waals surface area contributed by atoms with Gasteiger partial charge in [0.15, 0.2) is 9.84 Å². The lowest BCUT2D eigenvalue weighted by atomic mass is 10.3. The Bertz CT molecular complexity index is 541. The number of anilines is 1. The van der Waals surface area contributed by atoms with E-state index in [0.717, 1.165) is 0 Å². The second-order valence-electron chi connectivity index (χ2n) is 3.89. The molecule has 0 atom stereocenters. The van der Waals surface area contributed by atoms with E-state index < -0.39 is 9.84 Å². The topological polar surface area (TPSA) is 57.7 Å². The molecule has 5 nitrogen and oxygen atoms in total. The van der Waals surface area contributed by atoms with Crippen molar-refractivity contribution in [1.82, 2.24) is 4.90 Å². The monoisotopic (exact) mass is 274 g/mol. The van der Waals surface area contributed by atoms with E-state index in [4.69, 9.17) is 11.6 Å². The molecule has 0 aliphatic carbocycles. The third-order valence-electron chi connectivity index (χ3n) is 2.41. The number of urea groups is 1. The minimum absolute atomic E-state index is 0.240. The van der Waals surface area contributed by atoms with Crippen molar-refractivity contribution in [2.24, 2.45) is 0 Å². The Balaban J connectivity index is 2.36. The smallest absolute Gasteiger partial charge is 0.313 e. The van der Waals surface area contributed by atoms with Crippen molar-refractivity contribution in [3.05, 3.63) is 29.3 Å². The molecule has 1 aliphatic rings. The fraction of sp³-hybridized carbons (Fsp3) is 0.300. The van der Waals surface area contributed by atoms with E-state index in [0.29, 0.717) is 10.7 Å².